The molecule has 0 saturated carbocycles. The fraction of sp³-hybridized carbons (Fsp3) is 0.100. The van der Waals surface area contributed by atoms with Crippen molar-refractivity contribution in [2.45, 2.75) is 6.92 Å². The average Bonchev–Trinajstić information content (AvgIpc) is 3.07. The van der Waals surface area contributed by atoms with E-state index in [2.05, 4.69) is 0 Å². The van der Waals surface area contributed by atoms with Crippen LogP contribution in [-0.2, 0) is 0 Å². The molecule has 0 aliphatic carbocycles. The maximum absolute atomic E-state index is 13.1. The smallest absolute Gasteiger partial charge is 0.348 e. The Balaban J connectivity index is 2.00. The summed E-state index contributed by atoms with van der Waals surface area (Å²) in [4.78, 5) is 26.4. The fourth-order valence-corrected chi connectivity index (χ4v) is 3.57. The van der Waals surface area contributed by atoms with Crippen molar-refractivity contribution in [3.8, 4) is 10.4 Å². The number of benzene rings is 2. The van der Waals surface area contributed by atoms with E-state index in [0.29, 0.717) is 21.7 Å². The number of carboxylic acids is 1. The van der Waals surface area contributed by atoms with Gasteiger partial charge in [-0.3, -0.25) is 4.79 Å². The van der Waals surface area contributed by atoms with E-state index in [-0.39, 0.29) is 16.6 Å². The summed E-state index contributed by atoms with van der Waals surface area (Å²) >= 11 is 1.05. The third kappa shape index (κ3) is 3.50. The molecule has 0 spiro atoms. The molecule has 0 aliphatic rings. The molecule has 1 heterocycles. The highest BCUT2D eigenvalue weighted by molar-refractivity contribution is 7.18. The van der Waals surface area contributed by atoms with E-state index in [1.807, 2.05) is 19.1 Å². The highest BCUT2D eigenvalue weighted by atomic mass is 32.1. The molecule has 0 aliphatic heterocycles. The van der Waals surface area contributed by atoms with Crippen LogP contribution in [0.5, 0.6) is 0 Å². The Bertz CT molecular complexity index is 962. The second-order valence-electron chi connectivity index (χ2n) is 5.87. The van der Waals surface area contributed by atoms with Gasteiger partial charge >= 0.3 is 5.97 Å². The zero-order chi connectivity index (χ0) is 18.8. The second kappa shape index (κ2) is 7.09. The highest BCUT2D eigenvalue weighted by Crippen LogP contribution is 2.37. The lowest BCUT2D eigenvalue weighted by Crippen LogP contribution is -2.27. The Kier molecular flexibility index (Phi) is 4.86. The van der Waals surface area contributed by atoms with Crippen molar-refractivity contribution < 1.29 is 19.1 Å². The molecule has 0 saturated heterocycles. The molecule has 3 rings (SSSR count). The van der Waals surface area contributed by atoms with Crippen molar-refractivity contribution in [3.63, 3.8) is 0 Å². The molecule has 4 nitrogen and oxygen atoms in total. The molecule has 0 radical (unpaired) electrons. The first-order chi connectivity index (χ1) is 12.4. The van der Waals surface area contributed by atoms with Gasteiger partial charge < -0.3 is 10.0 Å². The minimum absolute atomic E-state index is 0.0623. The monoisotopic (exact) mass is 369 g/mol. The molecule has 3 aromatic rings. The molecule has 2 aromatic carbocycles. The predicted octanol–water partition coefficient (Wildman–Crippen LogP) is 4.84. The van der Waals surface area contributed by atoms with Crippen LogP contribution in [0.15, 0.2) is 54.6 Å². The Morgan fingerprint density at radius 3 is 2.23 bits per heavy atom. The molecule has 1 aromatic heterocycles. The molecule has 1 amide bonds. The van der Waals surface area contributed by atoms with Gasteiger partial charge in [0, 0.05) is 17.5 Å². The molecule has 0 fully saturated rings. The quantitative estimate of drug-likeness (QED) is 0.716. The van der Waals surface area contributed by atoms with Gasteiger partial charge in [0.25, 0.3) is 5.91 Å². The van der Waals surface area contributed by atoms with Gasteiger partial charge in [-0.1, -0.05) is 29.8 Å². The maximum atomic E-state index is 13.1. The van der Waals surface area contributed by atoms with Crippen molar-refractivity contribution in [2.24, 2.45) is 0 Å². The molecular formula is C20H16FNO3S. The number of aryl methyl sites for hydroxylation is 1. The summed E-state index contributed by atoms with van der Waals surface area (Å²) in [6.07, 6.45) is 0. The van der Waals surface area contributed by atoms with E-state index in [1.165, 1.54) is 17.0 Å². The van der Waals surface area contributed by atoms with Gasteiger partial charge in [-0.15, -0.1) is 11.3 Å². The number of hydrogen-bond donors (Lipinski definition) is 1. The van der Waals surface area contributed by atoms with Crippen LogP contribution in [0.3, 0.4) is 0 Å². The average molecular weight is 369 g/mol. The van der Waals surface area contributed by atoms with Crippen LogP contribution < -0.4 is 4.90 Å². The largest absolute Gasteiger partial charge is 0.477 e. The topological polar surface area (TPSA) is 57.6 Å². The second-order valence-corrected chi connectivity index (χ2v) is 6.92. The number of halogens is 1. The number of nitrogens with zero attached hydrogens (tertiary/aromatic N) is 1. The van der Waals surface area contributed by atoms with E-state index >= 15 is 0 Å². The Labute approximate surface area is 154 Å². The lowest BCUT2D eigenvalue weighted by atomic mass is 10.1. The fourth-order valence-electron chi connectivity index (χ4n) is 2.54. The van der Waals surface area contributed by atoms with Gasteiger partial charge in [0.05, 0.1) is 5.69 Å². The van der Waals surface area contributed by atoms with Crippen LogP contribution >= 0.6 is 11.3 Å². The summed E-state index contributed by atoms with van der Waals surface area (Å²) in [7, 11) is 1.55. The van der Waals surface area contributed by atoms with E-state index in [1.54, 1.807) is 37.4 Å². The lowest BCUT2D eigenvalue weighted by Gasteiger charge is -2.17. The Morgan fingerprint density at radius 1 is 1.04 bits per heavy atom. The number of carbonyl (C=O) groups is 2. The van der Waals surface area contributed by atoms with Gasteiger partial charge in [-0.25, -0.2) is 9.18 Å². The molecule has 0 unspecified atom stereocenters. The van der Waals surface area contributed by atoms with Gasteiger partial charge in [-0.2, -0.15) is 0 Å². The van der Waals surface area contributed by atoms with E-state index in [0.717, 1.165) is 16.9 Å². The molecule has 0 atom stereocenters. The van der Waals surface area contributed by atoms with Crippen LogP contribution in [0.25, 0.3) is 10.4 Å². The lowest BCUT2D eigenvalue weighted by molar-refractivity contribution is 0.0703. The number of hydrogen-bond acceptors (Lipinski definition) is 3. The number of carboxylic acid groups (broad SMARTS) is 1. The van der Waals surface area contributed by atoms with Crippen molar-refractivity contribution in [2.75, 3.05) is 11.9 Å². The molecule has 26 heavy (non-hydrogen) atoms. The summed E-state index contributed by atoms with van der Waals surface area (Å²) in [5, 5.41) is 9.52. The van der Waals surface area contributed by atoms with Crippen LogP contribution in [0, 0.1) is 12.7 Å². The Hall–Kier alpha value is -2.99. The third-order valence-corrected chi connectivity index (χ3v) is 5.16. The minimum atomic E-state index is -1.11. The molecular weight excluding hydrogens is 353 g/mol. The van der Waals surface area contributed by atoms with E-state index < -0.39 is 5.97 Å². The van der Waals surface area contributed by atoms with Crippen molar-refractivity contribution >= 4 is 28.9 Å². The van der Waals surface area contributed by atoms with Crippen LogP contribution in [-0.4, -0.2) is 24.0 Å². The van der Waals surface area contributed by atoms with Crippen LogP contribution in [0.4, 0.5) is 10.1 Å². The summed E-state index contributed by atoms with van der Waals surface area (Å²) in [6, 6.07) is 14.5. The zero-order valence-electron chi connectivity index (χ0n) is 14.2. The van der Waals surface area contributed by atoms with E-state index in [4.69, 9.17) is 0 Å². The number of aromatic carboxylic acids is 1. The number of thiophene rings is 1. The van der Waals surface area contributed by atoms with Gasteiger partial charge in [-0.05, 0) is 42.8 Å². The first kappa shape index (κ1) is 17.8. The van der Waals surface area contributed by atoms with Crippen LogP contribution in [0.1, 0.15) is 25.6 Å². The van der Waals surface area contributed by atoms with Crippen molar-refractivity contribution in [3.05, 3.63) is 76.4 Å². The predicted molar refractivity (Wildman–Crippen MR) is 101 cm³/mol. The maximum Gasteiger partial charge on any atom is 0.348 e. The normalized spacial score (nSPS) is 10.6. The number of carbonyl (C=O) groups excluding carboxylic acids is 1. The third-order valence-electron chi connectivity index (χ3n) is 4.00. The molecule has 0 bridgehead atoms. The standard InChI is InChI=1S/C20H16FNO3S/c1-12-3-5-14(6-4-12)19(23)22(2)16-11-17(26-18(16)20(24)25)13-7-9-15(21)10-8-13/h3-11H,1-2H3,(H,24,25). The Morgan fingerprint density at radius 2 is 1.65 bits per heavy atom. The zero-order valence-corrected chi connectivity index (χ0v) is 15.0. The minimum Gasteiger partial charge on any atom is -0.477 e. The van der Waals surface area contributed by atoms with Gasteiger partial charge in [0.1, 0.15) is 10.7 Å². The summed E-state index contributed by atoms with van der Waals surface area (Å²) in [5.74, 6) is -1.77. The number of amides is 1. The van der Waals surface area contributed by atoms with Gasteiger partial charge in [0.2, 0.25) is 0 Å². The van der Waals surface area contributed by atoms with Crippen molar-refractivity contribution in [1.82, 2.24) is 0 Å². The first-order valence-electron chi connectivity index (χ1n) is 7.84. The summed E-state index contributed by atoms with van der Waals surface area (Å²) in [6.45, 7) is 1.92. The number of rotatable bonds is 4. The molecule has 6 heteroatoms. The molecule has 132 valence electrons. The van der Waals surface area contributed by atoms with Gasteiger partial charge in [0.15, 0.2) is 0 Å². The molecule has 1 N–H and O–H groups in total. The first-order valence-corrected chi connectivity index (χ1v) is 8.66. The van der Waals surface area contributed by atoms with E-state index in [9.17, 15) is 19.1 Å². The number of anilines is 1. The highest BCUT2D eigenvalue weighted by Gasteiger charge is 2.23. The van der Waals surface area contributed by atoms with Crippen LogP contribution in [0.2, 0.25) is 0 Å². The van der Waals surface area contributed by atoms with Crippen molar-refractivity contribution in [1.29, 1.82) is 0 Å². The summed E-state index contributed by atoms with van der Waals surface area (Å²) in [5.41, 5.74) is 2.52. The SMILES string of the molecule is Cc1ccc(C(=O)N(C)c2cc(-c3ccc(F)cc3)sc2C(=O)O)cc1. The summed E-state index contributed by atoms with van der Waals surface area (Å²) < 4.78 is 13.1.